The first-order chi connectivity index (χ1) is 8.97. The average molecular weight is 329 g/mol. The van der Waals surface area contributed by atoms with Crippen molar-refractivity contribution in [1.82, 2.24) is 9.91 Å². The molecule has 1 saturated heterocycles. The van der Waals surface area contributed by atoms with Gasteiger partial charge in [0.2, 0.25) is 0 Å². The highest BCUT2D eigenvalue weighted by atomic mass is 79.9. The van der Waals surface area contributed by atoms with Crippen LogP contribution < -0.4 is 5.43 Å². The molecular formula is C12H17BrN4O2. The third-order valence-corrected chi connectivity index (χ3v) is 3.92. The molecule has 1 fully saturated rings. The van der Waals surface area contributed by atoms with Gasteiger partial charge in [0.25, 0.3) is 5.69 Å². The van der Waals surface area contributed by atoms with Gasteiger partial charge in [0.1, 0.15) is 0 Å². The molecule has 1 aliphatic rings. The molecule has 0 bridgehead atoms. The molecule has 19 heavy (non-hydrogen) atoms. The quantitative estimate of drug-likeness (QED) is 0.681. The summed E-state index contributed by atoms with van der Waals surface area (Å²) in [6.45, 7) is 5.63. The first-order valence-electron chi connectivity index (χ1n) is 6.12. The molecule has 0 aromatic heterocycles. The Kier molecular flexibility index (Phi) is 4.38. The van der Waals surface area contributed by atoms with E-state index in [0.29, 0.717) is 10.0 Å². The van der Waals surface area contributed by atoms with E-state index in [9.17, 15) is 10.1 Å². The summed E-state index contributed by atoms with van der Waals surface area (Å²) in [4.78, 5) is 12.8. The monoisotopic (exact) mass is 328 g/mol. The smallest absolute Gasteiger partial charge is 0.273 e. The van der Waals surface area contributed by atoms with E-state index in [1.54, 1.807) is 19.1 Å². The zero-order valence-corrected chi connectivity index (χ0v) is 12.6. The van der Waals surface area contributed by atoms with Crippen LogP contribution in [-0.4, -0.2) is 48.1 Å². The molecular weight excluding hydrogens is 312 g/mol. The summed E-state index contributed by atoms with van der Waals surface area (Å²) in [6.07, 6.45) is 0. The van der Waals surface area contributed by atoms with Gasteiger partial charge in [-0.15, -0.1) is 0 Å². The first-order valence-corrected chi connectivity index (χ1v) is 6.91. The number of nitrogens with one attached hydrogen (secondary N) is 1. The molecule has 0 saturated carbocycles. The Hall–Kier alpha value is -1.18. The summed E-state index contributed by atoms with van der Waals surface area (Å²) < 4.78 is 0.712. The van der Waals surface area contributed by atoms with E-state index in [1.807, 2.05) is 0 Å². The Labute approximate surface area is 120 Å². The molecule has 104 valence electrons. The number of hydrogen-bond acceptors (Lipinski definition) is 5. The van der Waals surface area contributed by atoms with Crippen LogP contribution in [0.1, 0.15) is 5.56 Å². The molecule has 0 unspecified atom stereocenters. The summed E-state index contributed by atoms with van der Waals surface area (Å²) in [5, 5.41) is 13.0. The lowest BCUT2D eigenvalue weighted by Gasteiger charge is -2.33. The van der Waals surface area contributed by atoms with E-state index >= 15 is 0 Å². The second-order valence-electron chi connectivity index (χ2n) is 4.78. The summed E-state index contributed by atoms with van der Waals surface area (Å²) in [7, 11) is 2.10. The van der Waals surface area contributed by atoms with Gasteiger partial charge in [-0.1, -0.05) is 0 Å². The molecule has 0 atom stereocenters. The molecule has 2 rings (SSSR count). The molecule has 0 spiro atoms. The maximum absolute atomic E-state index is 10.9. The molecule has 1 aliphatic heterocycles. The highest BCUT2D eigenvalue weighted by molar-refractivity contribution is 9.10. The van der Waals surface area contributed by atoms with Gasteiger partial charge in [-0.2, -0.15) is 0 Å². The van der Waals surface area contributed by atoms with Gasteiger partial charge in [-0.25, -0.2) is 5.01 Å². The zero-order valence-electron chi connectivity index (χ0n) is 11.0. The minimum absolute atomic E-state index is 0.135. The van der Waals surface area contributed by atoms with Crippen molar-refractivity contribution in [3.8, 4) is 0 Å². The van der Waals surface area contributed by atoms with E-state index in [2.05, 4.69) is 38.3 Å². The maximum atomic E-state index is 10.9. The number of nitro groups is 1. The van der Waals surface area contributed by atoms with Crippen LogP contribution in [0.4, 0.5) is 11.4 Å². The van der Waals surface area contributed by atoms with Crippen molar-refractivity contribution in [1.29, 1.82) is 0 Å². The second kappa shape index (κ2) is 5.85. The van der Waals surface area contributed by atoms with Crippen molar-refractivity contribution >= 4 is 27.3 Å². The number of nitro benzene ring substituents is 1. The number of piperazine rings is 1. The van der Waals surface area contributed by atoms with E-state index in [1.165, 1.54) is 0 Å². The van der Waals surface area contributed by atoms with Crippen molar-refractivity contribution < 1.29 is 4.92 Å². The minimum Gasteiger partial charge on any atom is -0.318 e. The summed E-state index contributed by atoms with van der Waals surface area (Å²) in [6, 6.07) is 3.36. The number of hydrogen-bond donors (Lipinski definition) is 1. The predicted molar refractivity (Wildman–Crippen MR) is 78.2 cm³/mol. The van der Waals surface area contributed by atoms with Gasteiger partial charge in [0.15, 0.2) is 0 Å². The number of likely N-dealkylation sites (N-methyl/N-ethyl adjacent to an activating group) is 1. The Bertz CT molecular complexity index is 487. The van der Waals surface area contributed by atoms with Crippen molar-refractivity contribution in [3.05, 3.63) is 32.3 Å². The van der Waals surface area contributed by atoms with Gasteiger partial charge < -0.3 is 10.3 Å². The maximum Gasteiger partial charge on any atom is 0.273 e. The van der Waals surface area contributed by atoms with Gasteiger partial charge in [0, 0.05) is 42.3 Å². The lowest BCUT2D eigenvalue weighted by Crippen LogP contribution is -2.47. The Morgan fingerprint density at radius 1 is 1.32 bits per heavy atom. The van der Waals surface area contributed by atoms with E-state index in [4.69, 9.17) is 0 Å². The van der Waals surface area contributed by atoms with Crippen LogP contribution in [0.2, 0.25) is 0 Å². The van der Waals surface area contributed by atoms with E-state index in [-0.39, 0.29) is 10.6 Å². The Morgan fingerprint density at radius 2 is 1.95 bits per heavy atom. The number of benzene rings is 1. The molecule has 1 heterocycles. The number of hydrazine groups is 1. The molecule has 1 aromatic rings. The fourth-order valence-electron chi connectivity index (χ4n) is 2.04. The van der Waals surface area contributed by atoms with E-state index < -0.39 is 0 Å². The van der Waals surface area contributed by atoms with Gasteiger partial charge in [-0.05, 0) is 36.0 Å². The molecule has 7 heteroatoms. The van der Waals surface area contributed by atoms with Crippen molar-refractivity contribution in [2.24, 2.45) is 0 Å². The molecule has 6 nitrogen and oxygen atoms in total. The predicted octanol–water partition coefficient (Wildman–Crippen LogP) is 2.24. The zero-order chi connectivity index (χ0) is 14.0. The first kappa shape index (κ1) is 14.2. The Morgan fingerprint density at radius 3 is 2.53 bits per heavy atom. The van der Waals surface area contributed by atoms with Gasteiger partial charge in [-0.3, -0.25) is 10.1 Å². The number of halogens is 1. The van der Waals surface area contributed by atoms with Crippen LogP contribution in [0.15, 0.2) is 16.6 Å². The number of rotatable bonds is 3. The van der Waals surface area contributed by atoms with Gasteiger partial charge in [0.05, 0.1) is 10.6 Å². The molecule has 0 radical (unpaired) electrons. The minimum atomic E-state index is -0.361. The van der Waals surface area contributed by atoms with Crippen molar-refractivity contribution in [3.63, 3.8) is 0 Å². The summed E-state index contributed by atoms with van der Waals surface area (Å²) in [5.41, 5.74) is 4.97. The van der Waals surface area contributed by atoms with Crippen LogP contribution >= 0.6 is 15.9 Å². The van der Waals surface area contributed by atoms with E-state index in [0.717, 1.165) is 31.9 Å². The third-order valence-electron chi connectivity index (χ3n) is 3.26. The van der Waals surface area contributed by atoms with Gasteiger partial charge >= 0.3 is 0 Å². The van der Waals surface area contributed by atoms with Crippen LogP contribution in [-0.2, 0) is 0 Å². The fourth-order valence-corrected chi connectivity index (χ4v) is 2.46. The molecule has 0 amide bonds. The topological polar surface area (TPSA) is 61.6 Å². The lowest BCUT2D eigenvalue weighted by atomic mass is 10.2. The SMILES string of the molecule is Cc1cc(NN2CCN(C)CC2)c(Br)cc1[N+](=O)[O-]. The number of aryl methyl sites for hydroxylation is 1. The number of anilines is 1. The van der Waals surface area contributed by atoms with Crippen LogP contribution in [0, 0.1) is 17.0 Å². The number of nitrogens with zero attached hydrogens (tertiary/aromatic N) is 3. The fraction of sp³-hybridized carbons (Fsp3) is 0.500. The largest absolute Gasteiger partial charge is 0.318 e. The van der Waals surface area contributed by atoms with Crippen LogP contribution in [0.5, 0.6) is 0 Å². The van der Waals surface area contributed by atoms with Crippen LogP contribution in [0.25, 0.3) is 0 Å². The second-order valence-corrected chi connectivity index (χ2v) is 5.63. The van der Waals surface area contributed by atoms with Crippen molar-refractivity contribution in [2.75, 3.05) is 38.7 Å². The molecule has 0 aliphatic carbocycles. The highest BCUT2D eigenvalue weighted by Crippen LogP contribution is 2.30. The summed E-state index contributed by atoms with van der Waals surface area (Å²) >= 11 is 3.38. The van der Waals surface area contributed by atoms with Crippen molar-refractivity contribution in [2.45, 2.75) is 6.92 Å². The molecule has 1 aromatic carbocycles. The third kappa shape index (κ3) is 3.43. The normalized spacial score (nSPS) is 17.4. The molecule has 1 N–H and O–H groups in total. The standard InChI is InChI=1S/C12H17BrN4O2/c1-9-7-11(10(13)8-12(9)17(18)19)14-16-5-3-15(2)4-6-16/h7-8,14H,3-6H2,1-2H3. The average Bonchev–Trinajstić information content (AvgIpc) is 2.35. The Balaban J connectivity index is 2.13. The lowest BCUT2D eigenvalue weighted by molar-refractivity contribution is -0.385. The highest BCUT2D eigenvalue weighted by Gasteiger charge is 2.17. The van der Waals surface area contributed by atoms with Crippen LogP contribution in [0.3, 0.4) is 0 Å². The summed E-state index contributed by atoms with van der Waals surface area (Å²) in [5.74, 6) is 0.